The first-order chi connectivity index (χ1) is 12.1. The number of hydrogen-bond acceptors (Lipinski definition) is 4. The van der Waals surface area contributed by atoms with Gasteiger partial charge in [0, 0.05) is 25.3 Å². The van der Waals surface area contributed by atoms with E-state index >= 15 is 0 Å². The van der Waals surface area contributed by atoms with E-state index in [9.17, 15) is 0 Å². The number of aryl methyl sites for hydroxylation is 1. The van der Waals surface area contributed by atoms with Crippen molar-refractivity contribution in [1.82, 2.24) is 15.1 Å². The van der Waals surface area contributed by atoms with Gasteiger partial charge in [-0.1, -0.05) is 29.3 Å². The van der Waals surface area contributed by atoms with Crippen molar-refractivity contribution >= 4 is 23.2 Å². The number of hydrogen-bond donors (Lipinski definition) is 1. The summed E-state index contributed by atoms with van der Waals surface area (Å²) in [5.74, 6) is 0. The molecule has 1 atom stereocenters. The zero-order valence-electron chi connectivity index (χ0n) is 14.5. The highest BCUT2D eigenvalue weighted by atomic mass is 35.5. The second kappa shape index (κ2) is 8.52. The lowest BCUT2D eigenvalue weighted by Crippen LogP contribution is -2.38. The van der Waals surface area contributed by atoms with Crippen LogP contribution in [0.5, 0.6) is 0 Å². The van der Waals surface area contributed by atoms with Crippen LogP contribution in [-0.4, -0.2) is 54.6 Å². The molecule has 0 spiro atoms. The number of H-pyrrole nitrogens is 1. The van der Waals surface area contributed by atoms with E-state index in [1.54, 1.807) is 6.07 Å². The van der Waals surface area contributed by atoms with Crippen molar-refractivity contribution in [3.05, 3.63) is 50.8 Å². The average Bonchev–Trinajstić information content (AvgIpc) is 2.95. The molecule has 0 radical (unpaired) electrons. The van der Waals surface area contributed by atoms with E-state index in [0.717, 1.165) is 55.4 Å². The Morgan fingerprint density at radius 1 is 1.24 bits per heavy atom. The fourth-order valence-corrected chi connectivity index (χ4v) is 3.20. The fraction of sp³-hybridized carbons (Fsp3) is 0.500. The average molecular weight is 384 g/mol. The van der Waals surface area contributed by atoms with E-state index in [1.807, 2.05) is 26.0 Å². The summed E-state index contributed by atoms with van der Waals surface area (Å²) in [7, 11) is 0. The van der Waals surface area contributed by atoms with Gasteiger partial charge in [0.05, 0.1) is 35.6 Å². The number of halogens is 2. The monoisotopic (exact) mass is 383 g/mol. The van der Waals surface area contributed by atoms with Crippen molar-refractivity contribution in [2.45, 2.75) is 20.0 Å². The summed E-state index contributed by atoms with van der Waals surface area (Å²) in [4.78, 5) is 2.35. The number of aromatic nitrogens is 2. The van der Waals surface area contributed by atoms with Gasteiger partial charge in [-0.05, 0) is 37.1 Å². The van der Waals surface area contributed by atoms with Crippen molar-refractivity contribution in [2.24, 2.45) is 0 Å². The van der Waals surface area contributed by atoms with Gasteiger partial charge in [0.2, 0.25) is 0 Å². The third-order valence-electron chi connectivity index (χ3n) is 4.58. The molecule has 1 aliphatic heterocycles. The Morgan fingerprint density at radius 3 is 2.64 bits per heavy atom. The lowest BCUT2D eigenvalue weighted by atomic mass is 10.0. The van der Waals surface area contributed by atoms with Crippen LogP contribution < -0.4 is 0 Å². The van der Waals surface area contributed by atoms with Crippen LogP contribution in [0.4, 0.5) is 0 Å². The number of aromatic amines is 1. The van der Waals surface area contributed by atoms with E-state index in [4.69, 9.17) is 32.7 Å². The number of ether oxygens (including phenoxy) is 2. The summed E-state index contributed by atoms with van der Waals surface area (Å²) in [5, 5.41) is 8.54. The molecule has 0 bridgehead atoms. The Morgan fingerprint density at radius 2 is 2.00 bits per heavy atom. The standard InChI is InChI=1S/C18H23Cl2N3O2/c1-12-13(2)21-22-17(12)18(14-3-4-15(19)16(20)11-14)25-10-7-23-5-8-24-9-6-23/h3-4,11,18H,5-10H2,1-2H3,(H,21,22). The topological polar surface area (TPSA) is 50.4 Å². The van der Waals surface area contributed by atoms with Crippen molar-refractivity contribution in [3.8, 4) is 0 Å². The zero-order valence-corrected chi connectivity index (χ0v) is 16.0. The molecule has 25 heavy (non-hydrogen) atoms. The van der Waals surface area contributed by atoms with Gasteiger partial charge in [0.15, 0.2) is 0 Å². The second-order valence-corrected chi connectivity index (χ2v) is 7.05. The van der Waals surface area contributed by atoms with E-state index < -0.39 is 0 Å². The summed E-state index contributed by atoms with van der Waals surface area (Å²) in [5.41, 5.74) is 3.98. The van der Waals surface area contributed by atoms with Gasteiger partial charge in [0.25, 0.3) is 0 Å². The minimum absolute atomic E-state index is 0.277. The highest BCUT2D eigenvalue weighted by Gasteiger charge is 2.22. The molecule has 1 aliphatic rings. The van der Waals surface area contributed by atoms with Crippen LogP contribution in [0.2, 0.25) is 10.0 Å². The molecule has 1 N–H and O–H groups in total. The molecule has 2 aromatic rings. The molecule has 1 saturated heterocycles. The third kappa shape index (κ3) is 4.54. The largest absolute Gasteiger partial charge is 0.379 e. The zero-order chi connectivity index (χ0) is 17.8. The van der Waals surface area contributed by atoms with E-state index in [1.165, 1.54) is 0 Å². The first kappa shape index (κ1) is 18.7. The summed E-state index contributed by atoms with van der Waals surface area (Å²) >= 11 is 12.3. The molecule has 136 valence electrons. The van der Waals surface area contributed by atoms with Crippen LogP contribution in [0.3, 0.4) is 0 Å². The lowest BCUT2D eigenvalue weighted by Gasteiger charge is -2.27. The van der Waals surface area contributed by atoms with Crippen LogP contribution in [0, 0.1) is 13.8 Å². The minimum Gasteiger partial charge on any atom is -0.379 e. The normalized spacial score (nSPS) is 17.0. The fourth-order valence-electron chi connectivity index (χ4n) is 2.89. The maximum Gasteiger partial charge on any atom is 0.127 e. The number of rotatable bonds is 6. The Labute approximate surface area is 158 Å². The molecule has 0 aliphatic carbocycles. The van der Waals surface area contributed by atoms with Crippen LogP contribution >= 0.6 is 23.2 Å². The molecular weight excluding hydrogens is 361 g/mol. The number of benzene rings is 1. The molecule has 1 fully saturated rings. The first-order valence-corrected chi connectivity index (χ1v) is 9.20. The SMILES string of the molecule is Cc1[nH]nc(C(OCCN2CCOCC2)c2ccc(Cl)c(Cl)c2)c1C. The maximum atomic E-state index is 6.24. The summed E-state index contributed by atoms with van der Waals surface area (Å²) in [6.45, 7) is 8.99. The lowest BCUT2D eigenvalue weighted by molar-refractivity contribution is 0.00887. The smallest absolute Gasteiger partial charge is 0.127 e. The summed E-state index contributed by atoms with van der Waals surface area (Å²) in [6.07, 6.45) is -0.277. The van der Waals surface area contributed by atoms with E-state index in [0.29, 0.717) is 16.7 Å². The molecule has 3 rings (SSSR count). The Hall–Kier alpha value is -1.11. The van der Waals surface area contributed by atoms with Crippen molar-refractivity contribution in [3.63, 3.8) is 0 Å². The number of morpholine rings is 1. The van der Waals surface area contributed by atoms with Gasteiger partial charge < -0.3 is 9.47 Å². The number of nitrogens with one attached hydrogen (secondary N) is 1. The molecule has 5 nitrogen and oxygen atoms in total. The van der Waals surface area contributed by atoms with Gasteiger partial charge >= 0.3 is 0 Å². The molecule has 1 unspecified atom stereocenters. The molecule has 0 amide bonds. The van der Waals surface area contributed by atoms with Gasteiger partial charge in [-0.15, -0.1) is 0 Å². The van der Waals surface area contributed by atoms with Crippen LogP contribution in [0.25, 0.3) is 0 Å². The van der Waals surface area contributed by atoms with Gasteiger partial charge in [-0.25, -0.2) is 0 Å². The summed E-state index contributed by atoms with van der Waals surface area (Å²) in [6, 6.07) is 5.59. The molecule has 1 aromatic carbocycles. The van der Waals surface area contributed by atoms with Crippen LogP contribution in [0.15, 0.2) is 18.2 Å². The predicted octanol–water partition coefficient (Wildman–Crippen LogP) is 3.77. The second-order valence-electron chi connectivity index (χ2n) is 6.24. The highest BCUT2D eigenvalue weighted by Crippen LogP contribution is 2.32. The predicted molar refractivity (Wildman–Crippen MR) is 99.6 cm³/mol. The van der Waals surface area contributed by atoms with Crippen molar-refractivity contribution in [2.75, 3.05) is 39.5 Å². The molecule has 0 saturated carbocycles. The highest BCUT2D eigenvalue weighted by molar-refractivity contribution is 6.42. The van der Waals surface area contributed by atoms with Crippen molar-refractivity contribution < 1.29 is 9.47 Å². The van der Waals surface area contributed by atoms with Gasteiger partial charge in [-0.3, -0.25) is 10.00 Å². The Kier molecular flexibility index (Phi) is 6.36. The quantitative estimate of drug-likeness (QED) is 0.824. The molecular formula is C18H23Cl2N3O2. The van der Waals surface area contributed by atoms with Gasteiger partial charge in [0.1, 0.15) is 6.10 Å². The number of nitrogens with zero attached hydrogens (tertiary/aromatic N) is 2. The van der Waals surface area contributed by atoms with Gasteiger partial charge in [-0.2, -0.15) is 5.10 Å². The third-order valence-corrected chi connectivity index (χ3v) is 5.32. The molecule has 7 heteroatoms. The van der Waals surface area contributed by atoms with Crippen LogP contribution in [-0.2, 0) is 9.47 Å². The molecule has 2 heterocycles. The maximum absolute atomic E-state index is 6.24. The molecule has 1 aromatic heterocycles. The Balaban J connectivity index is 1.76. The van der Waals surface area contributed by atoms with E-state index in [2.05, 4.69) is 15.1 Å². The van der Waals surface area contributed by atoms with E-state index in [-0.39, 0.29) is 6.10 Å². The Bertz CT molecular complexity index is 714. The van der Waals surface area contributed by atoms with Crippen LogP contribution in [0.1, 0.15) is 28.6 Å². The summed E-state index contributed by atoms with van der Waals surface area (Å²) < 4.78 is 11.6. The minimum atomic E-state index is -0.277. The van der Waals surface area contributed by atoms with Crippen molar-refractivity contribution in [1.29, 1.82) is 0 Å². The first-order valence-electron chi connectivity index (χ1n) is 8.44.